The predicted molar refractivity (Wildman–Crippen MR) is 110 cm³/mol. The van der Waals surface area contributed by atoms with Crippen molar-refractivity contribution in [2.45, 2.75) is 13.8 Å². The van der Waals surface area contributed by atoms with Gasteiger partial charge in [-0.3, -0.25) is 4.79 Å². The van der Waals surface area contributed by atoms with Crippen molar-refractivity contribution in [3.8, 4) is 0 Å². The van der Waals surface area contributed by atoms with Crippen LogP contribution >= 0.6 is 35.0 Å². The highest BCUT2D eigenvalue weighted by Crippen LogP contribution is 2.31. The summed E-state index contributed by atoms with van der Waals surface area (Å²) in [5, 5.41) is 4.09. The number of rotatable bonds is 5. The van der Waals surface area contributed by atoms with Gasteiger partial charge >= 0.3 is 0 Å². The normalized spacial score (nSPS) is 17.2. The van der Waals surface area contributed by atoms with E-state index >= 15 is 0 Å². The largest absolute Gasteiger partial charge is 0.441 e. The Balaban J connectivity index is 1.78. The lowest BCUT2D eigenvalue weighted by molar-refractivity contribution is -0.115. The number of nitrogens with one attached hydrogen (secondary N) is 1. The van der Waals surface area contributed by atoms with Gasteiger partial charge in [0.15, 0.2) is 11.1 Å². The second-order valence-corrected chi connectivity index (χ2v) is 7.27. The van der Waals surface area contributed by atoms with Crippen molar-refractivity contribution in [3.05, 3.63) is 51.0 Å². The van der Waals surface area contributed by atoms with Gasteiger partial charge in [0.25, 0.3) is 5.91 Å². The van der Waals surface area contributed by atoms with E-state index in [1.54, 1.807) is 24.3 Å². The number of halogens is 2. The zero-order valence-corrected chi connectivity index (χ0v) is 16.6. The zero-order valence-electron chi connectivity index (χ0n) is 14.3. The smallest absolute Gasteiger partial charge is 0.264 e. The molecule has 1 aliphatic rings. The topological polar surface area (TPSA) is 57.8 Å². The van der Waals surface area contributed by atoms with Crippen LogP contribution < -0.4 is 10.2 Å². The van der Waals surface area contributed by atoms with Gasteiger partial charge in [-0.1, -0.05) is 23.2 Å². The average molecular weight is 410 g/mol. The molecule has 26 heavy (non-hydrogen) atoms. The SMILES string of the molecule is CCN(CC)c1ccc(/C=C2/SC(=Nc3ccc(Cl)c(Cl)c3)NC2=O)o1. The van der Waals surface area contributed by atoms with Crippen molar-refractivity contribution in [3.63, 3.8) is 0 Å². The minimum Gasteiger partial charge on any atom is -0.441 e. The summed E-state index contributed by atoms with van der Waals surface area (Å²) in [6, 6.07) is 8.80. The Morgan fingerprint density at radius 1 is 1.19 bits per heavy atom. The van der Waals surface area contributed by atoms with Gasteiger partial charge in [0.1, 0.15) is 5.76 Å². The van der Waals surface area contributed by atoms with E-state index in [9.17, 15) is 4.79 Å². The predicted octanol–water partition coefficient (Wildman–Crippen LogP) is 5.32. The average Bonchev–Trinajstić information content (AvgIpc) is 3.20. The molecule has 0 unspecified atom stereocenters. The first-order valence-corrected chi connectivity index (χ1v) is 9.66. The van der Waals surface area contributed by atoms with Crippen LogP contribution in [0.4, 0.5) is 11.6 Å². The number of carbonyl (C=O) groups excluding carboxylic acids is 1. The second-order valence-electron chi connectivity index (χ2n) is 5.43. The van der Waals surface area contributed by atoms with Crippen molar-refractivity contribution < 1.29 is 9.21 Å². The first kappa shape index (κ1) is 18.9. The van der Waals surface area contributed by atoms with Crippen LogP contribution in [0, 0.1) is 0 Å². The highest BCUT2D eigenvalue weighted by atomic mass is 35.5. The number of furan rings is 1. The van der Waals surface area contributed by atoms with Gasteiger partial charge in [0, 0.05) is 25.2 Å². The van der Waals surface area contributed by atoms with Crippen molar-refractivity contribution in [1.82, 2.24) is 5.32 Å². The van der Waals surface area contributed by atoms with Crippen LogP contribution in [-0.2, 0) is 4.79 Å². The third-order valence-electron chi connectivity index (χ3n) is 3.75. The van der Waals surface area contributed by atoms with E-state index in [1.807, 2.05) is 12.1 Å². The van der Waals surface area contributed by atoms with Crippen molar-refractivity contribution in [2.75, 3.05) is 18.0 Å². The van der Waals surface area contributed by atoms with Gasteiger partial charge in [-0.2, -0.15) is 0 Å². The first-order chi connectivity index (χ1) is 12.5. The van der Waals surface area contributed by atoms with E-state index in [4.69, 9.17) is 27.6 Å². The molecule has 8 heteroatoms. The van der Waals surface area contributed by atoms with Crippen molar-refractivity contribution in [1.29, 1.82) is 0 Å². The molecular weight excluding hydrogens is 393 g/mol. The molecule has 2 heterocycles. The molecule has 1 N–H and O–H groups in total. The maximum atomic E-state index is 12.2. The lowest BCUT2D eigenvalue weighted by atomic mass is 10.3. The Morgan fingerprint density at radius 2 is 1.96 bits per heavy atom. The molecule has 0 atom stereocenters. The Labute approximate surface area is 166 Å². The zero-order chi connectivity index (χ0) is 18.7. The van der Waals surface area contributed by atoms with Crippen LogP contribution in [0.3, 0.4) is 0 Å². The Kier molecular flexibility index (Phi) is 5.96. The van der Waals surface area contributed by atoms with Crippen LogP contribution in [0.25, 0.3) is 6.08 Å². The van der Waals surface area contributed by atoms with E-state index in [2.05, 4.69) is 29.1 Å². The molecule has 3 rings (SSSR count). The molecule has 136 valence electrons. The lowest BCUT2D eigenvalue weighted by Gasteiger charge is -2.16. The number of thioether (sulfide) groups is 1. The van der Waals surface area contributed by atoms with Crippen LogP contribution in [-0.4, -0.2) is 24.2 Å². The maximum Gasteiger partial charge on any atom is 0.264 e. The Hall–Kier alpha value is -1.89. The standard InChI is InChI=1S/C18H17Cl2N3O2S/c1-3-23(4-2)16-8-6-12(25-16)10-15-17(24)22-18(26-15)21-11-5-7-13(19)14(20)9-11/h5-10H,3-4H2,1-2H3,(H,21,22,24)/b15-10+. The summed E-state index contributed by atoms with van der Waals surface area (Å²) >= 11 is 13.1. The number of anilines is 1. The lowest BCUT2D eigenvalue weighted by Crippen LogP contribution is -2.20. The molecule has 5 nitrogen and oxygen atoms in total. The summed E-state index contributed by atoms with van der Waals surface area (Å²) < 4.78 is 5.80. The molecule has 0 spiro atoms. The molecule has 0 bridgehead atoms. The van der Waals surface area contributed by atoms with Gasteiger partial charge in [-0.15, -0.1) is 0 Å². The van der Waals surface area contributed by atoms with E-state index in [-0.39, 0.29) is 5.91 Å². The molecular formula is C18H17Cl2N3O2S. The quantitative estimate of drug-likeness (QED) is 0.678. The summed E-state index contributed by atoms with van der Waals surface area (Å²) in [6.07, 6.45) is 1.71. The van der Waals surface area contributed by atoms with Crippen molar-refractivity contribution >= 4 is 63.7 Å². The molecule has 1 saturated heterocycles. The molecule has 1 aromatic carbocycles. The maximum absolute atomic E-state index is 12.2. The number of amides is 1. The van der Waals surface area contributed by atoms with Gasteiger partial charge in [-0.05, 0) is 49.9 Å². The highest BCUT2D eigenvalue weighted by molar-refractivity contribution is 8.18. The number of benzene rings is 1. The third kappa shape index (κ3) is 4.26. The first-order valence-electron chi connectivity index (χ1n) is 8.09. The molecule has 1 aliphatic heterocycles. The fourth-order valence-electron chi connectivity index (χ4n) is 2.41. The van der Waals surface area contributed by atoms with Crippen LogP contribution in [0.2, 0.25) is 10.0 Å². The van der Waals surface area contributed by atoms with E-state index in [1.165, 1.54) is 11.8 Å². The number of amidine groups is 1. The number of hydrogen-bond donors (Lipinski definition) is 1. The second kappa shape index (κ2) is 8.20. The molecule has 0 saturated carbocycles. The molecule has 1 amide bonds. The Morgan fingerprint density at radius 3 is 2.65 bits per heavy atom. The van der Waals surface area contributed by atoms with E-state index in [0.717, 1.165) is 19.0 Å². The molecule has 0 aliphatic carbocycles. The summed E-state index contributed by atoms with van der Waals surface area (Å²) in [5.41, 5.74) is 0.616. The number of aliphatic imine (C=N–C) groups is 1. The number of hydrogen-bond acceptors (Lipinski definition) is 5. The van der Waals surface area contributed by atoms with E-state index in [0.29, 0.717) is 31.6 Å². The third-order valence-corrected chi connectivity index (χ3v) is 5.39. The van der Waals surface area contributed by atoms with Gasteiger partial charge in [0.2, 0.25) is 0 Å². The molecule has 1 fully saturated rings. The number of nitrogens with zero attached hydrogens (tertiary/aromatic N) is 2. The molecule has 2 aromatic rings. The minimum atomic E-state index is -0.213. The summed E-state index contributed by atoms with van der Waals surface area (Å²) in [4.78, 5) is 19.2. The Bertz CT molecular complexity index is 888. The van der Waals surface area contributed by atoms with Gasteiger partial charge in [0.05, 0.1) is 20.6 Å². The van der Waals surface area contributed by atoms with E-state index < -0.39 is 0 Å². The fourth-order valence-corrected chi connectivity index (χ4v) is 3.52. The molecule has 0 radical (unpaired) electrons. The van der Waals surface area contributed by atoms with Crippen molar-refractivity contribution in [2.24, 2.45) is 4.99 Å². The van der Waals surface area contributed by atoms with Crippen LogP contribution in [0.15, 0.2) is 44.6 Å². The van der Waals surface area contributed by atoms with Gasteiger partial charge < -0.3 is 14.6 Å². The number of carbonyl (C=O) groups is 1. The monoisotopic (exact) mass is 409 g/mol. The summed E-state index contributed by atoms with van der Waals surface area (Å²) in [5.74, 6) is 1.20. The van der Waals surface area contributed by atoms with Crippen LogP contribution in [0.1, 0.15) is 19.6 Å². The minimum absolute atomic E-state index is 0.213. The summed E-state index contributed by atoms with van der Waals surface area (Å²) in [6.45, 7) is 5.85. The molecule has 1 aromatic heterocycles. The van der Waals surface area contributed by atoms with Gasteiger partial charge in [-0.25, -0.2) is 4.99 Å². The summed E-state index contributed by atoms with van der Waals surface area (Å²) in [7, 11) is 0. The van der Waals surface area contributed by atoms with Crippen LogP contribution in [0.5, 0.6) is 0 Å². The fraction of sp³-hybridized carbons (Fsp3) is 0.222. The highest BCUT2D eigenvalue weighted by Gasteiger charge is 2.24.